The van der Waals surface area contributed by atoms with Gasteiger partial charge in [0.1, 0.15) is 6.54 Å². The third-order valence-electron chi connectivity index (χ3n) is 2.20. The smallest absolute Gasteiger partial charge is 0.323 e. The fourth-order valence-electron chi connectivity index (χ4n) is 1.62. The number of hydrogen-bond acceptors (Lipinski definition) is 3. The molecule has 1 aliphatic rings. The average Bonchev–Trinajstić information content (AvgIpc) is 2.48. The van der Waals surface area contributed by atoms with Gasteiger partial charge in [0.15, 0.2) is 0 Å². The van der Waals surface area contributed by atoms with E-state index >= 15 is 0 Å². The summed E-state index contributed by atoms with van der Waals surface area (Å²) in [5.41, 5.74) is 2.15. The highest BCUT2D eigenvalue weighted by Gasteiger charge is 2.20. The van der Waals surface area contributed by atoms with Crippen molar-refractivity contribution >= 4 is 11.7 Å². The van der Waals surface area contributed by atoms with Gasteiger partial charge in [0, 0.05) is 24.6 Å². The molecule has 4 nitrogen and oxygen atoms in total. The van der Waals surface area contributed by atoms with Gasteiger partial charge in [-0.25, -0.2) is 0 Å². The lowest BCUT2D eigenvalue weighted by Crippen LogP contribution is -2.27. The number of rotatable bonds is 2. The van der Waals surface area contributed by atoms with Crippen LogP contribution in [0.2, 0.25) is 0 Å². The van der Waals surface area contributed by atoms with Crippen LogP contribution in [-0.2, 0) is 11.2 Å². The number of pyridine rings is 1. The van der Waals surface area contributed by atoms with Crippen LogP contribution in [0.1, 0.15) is 5.56 Å². The molecule has 4 heteroatoms. The minimum Gasteiger partial charge on any atom is -0.480 e. The third kappa shape index (κ3) is 1.47. The van der Waals surface area contributed by atoms with Gasteiger partial charge in [0.05, 0.1) is 0 Å². The Hall–Kier alpha value is -1.58. The second-order valence-electron chi connectivity index (χ2n) is 3.07. The Kier molecular flexibility index (Phi) is 1.88. The first-order valence-electron chi connectivity index (χ1n) is 4.17. The van der Waals surface area contributed by atoms with Crippen molar-refractivity contribution in [2.45, 2.75) is 6.42 Å². The lowest BCUT2D eigenvalue weighted by molar-refractivity contribution is -0.135. The molecule has 13 heavy (non-hydrogen) atoms. The van der Waals surface area contributed by atoms with Crippen LogP contribution in [0.4, 0.5) is 5.69 Å². The fourth-order valence-corrected chi connectivity index (χ4v) is 1.62. The second-order valence-corrected chi connectivity index (χ2v) is 3.07. The monoisotopic (exact) mass is 178 g/mol. The van der Waals surface area contributed by atoms with Crippen LogP contribution in [0, 0.1) is 0 Å². The van der Waals surface area contributed by atoms with E-state index in [2.05, 4.69) is 4.98 Å². The van der Waals surface area contributed by atoms with Crippen LogP contribution in [0.3, 0.4) is 0 Å². The SMILES string of the molecule is O=C(O)CN1CCc2cnccc21. The van der Waals surface area contributed by atoms with Crippen LogP contribution >= 0.6 is 0 Å². The van der Waals surface area contributed by atoms with E-state index in [1.807, 2.05) is 11.0 Å². The predicted octanol–water partition coefficient (Wildman–Crippen LogP) is 0.529. The number of nitrogens with zero attached hydrogens (tertiary/aromatic N) is 2. The minimum atomic E-state index is -0.787. The number of carbonyl (C=O) groups is 1. The molecular formula is C9H10N2O2. The Morgan fingerprint density at radius 3 is 3.31 bits per heavy atom. The van der Waals surface area contributed by atoms with E-state index in [0.717, 1.165) is 24.2 Å². The summed E-state index contributed by atoms with van der Waals surface area (Å²) >= 11 is 0. The molecule has 0 aliphatic carbocycles. The van der Waals surface area contributed by atoms with Gasteiger partial charge < -0.3 is 10.0 Å². The zero-order chi connectivity index (χ0) is 9.26. The van der Waals surface area contributed by atoms with E-state index in [1.165, 1.54) is 0 Å². The number of hydrogen-bond donors (Lipinski definition) is 1. The number of aliphatic carboxylic acids is 1. The normalized spacial score (nSPS) is 14.3. The lowest BCUT2D eigenvalue weighted by Gasteiger charge is -2.15. The van der Waals surface area contributed by atoms with Crippen LogP contribution in [0.15, 0.2) is 18.5 Å². The van der Waals surface area contributed by atoms with Gasteiger partial charge in [-0.15, -0.1) is 0 Å². The average molecular weight is 178 g/mol. The fraction of sp³-hybridized carbons (Fsp3) is 0.333. The summed E-state index contributed by atoms with van der Waals surface area (Å²) in [6.45, 7) is 0.865. The van der Waals surface area contributed by atoms with Gasteiger partial charge in [0.25, 0.3) is 0 Å². The van der Waals surface area contributed by atoms with Crippen molar-refractivity contribution in [3.63, 3.8) is 0 Å². The van der Waals surface area contributed by atoms with Gasteiger partial charge in [-0.1, -0.05) is 0 Å². The number of carboxylic acid groups (broad SMARTS) is 1. The van der Waals surface area contributed by atoms with Crippen molar-refractivity contribution in [3.05, 3.63) is 24.0 Å². The van der Waals surface area contributed by atoms with Crippen molar-refractivity contribution in [2.75, 3.05) is 18.0 Å². The van der Waals surface area contributed by atoms with Crippen molar-refractivity contribution in [2.24, 2.45) is 0 Å². The molecule has 0 unspecified atom stereocenters. The van der Waals surface area contributed by atoms with Crippen molar-refractivity contribution < 1.29 is 9.90 Å². The highest BCUT2D eigenvalue weighted by molar-refractivity contribution is 5.75. The zero-order valence-corrected chi connectivity index (χ0v) is 7.10. The standard InChI is InChI=1S/C9H10N2O2/c12-9(13)6-11-4-2-7-5-10-3-1-8(7)11/h1,3,5H,2,4,6H2,(H,12,13). The van der Waals surface area contributed by atoms with Crippen molar-refractivity contribution in [1.82, 2.24) is 4.98 Å². The Balaban J connectivity index is 2.23. The van der Waals surface area contributed by atoms with E-state index in [0.29, 0.717) is 0 Å². The number of carboxylic acids is 1. The van der Waals surface area contributed by atoms with Crippen LogP contribution in [0.5, 0.6) is 0 Å². The Morgan fingerprint density at radius 1 is 1.69 bits per heavy atom. The summed E-state index contributed by atoms with van der Waals surface area (Å²) in [6.07, 6.45) is 4.40. The van der Waals surface area contributed by atoms with Gasteiger partial charge in [-0.2, -0.15) is 0 Å². The molecule has 1 N–H and O–H groups in total. The third-order valence-corrected chi connectivity index (χ3v) is 2.20. The topological polar surface area (TPSA) is 53.4 Å². The lowest BCUT2D eigenvalue weighted by atomic mass is 10.2. The Morgan fingerprint density at radius 2 is 2.54 bits per heavy atom. The number of aromatic nitrogens is 1. The van der Waals surface area contributed by atoms with Gasteiger partial charge in [0.2, 0.25) is 0 Å². The summed E-state index contributed by atoms with van der Waals surface area (Å²) in [4.78, 5) is 16.4. The summed E-state index contributed by atoms with van der Waals surface area (Å²) in [5, 5.41) is 8.64. The largest absolute Gasteiger partial charge is 0.480 e. The minimum absolute atomic E-state index is 0.0804. The summed E-state index contributed by atoms with van der Waals surface area (Å²) in [6, 6.07) is 1.87. The molecule has 0 fully saturated rings. The first-order valence-corrected chi connectivity index (χ1v) is 4.17. The maximum atomic E-state index is 10.5. The van der Waals surface area contributed by atoms with Crippen LogP contribution < -0.4 is 4.90 Å². The molecule has 0 aromatic carbocycles. The molecule has 0 radical (unpaired) electrons. The number of anilines is 1. The second kappa shape index (κ2) is 3.05. The molecule has 1 aromatic heterocycles. The maximum absolute atomic E-state index is 10.5. The molecule has 2 heterocycles. The van der Waals surface area contributed by atoms with Crippen LogP contribution in [-0.4, -0.2) is 29.1 Å². The van der Waals surface area contributed by atoms with E-state index in [-0.39, 0.29) is 6.54 Å². The molecule has 2 rings (SSSR count). The highest BCUT2D eigenvalue weighted by atomic mass is 16.4. The molecule has 0 bridgehead atoms. The molecular weight excluding hydrogens is 168 g/mol. The molecule has 68 valence electrons. The molecule has 0 atom stereocenters. The van der Waals surface area contributed by atoms with Crippen molar-refractivity contribution in [3.8, 4) is 0 Å². The van der Waals surface area contributed by atoms with Gasteiger partial charge >= 0.3 is 5.97 Å². The number of fused-ring (bicyclic) bond motifs is 1. The molecule has 0 spiro atoms. The Bertz CT molecular complexity index is 338. The highest BCUT2D eigenvalue weighted by Crippen LogP contribution is 2.25. The zero-order valence-electron chi connectivity index (χ0n) is 7.10. The summed E-state index contributed by atoms with van der Waals surface area (Å²) in [7, 11) is 0. The molecule has 1 aliphatic heterocycles. The van der Waals surface area contributed by atoms with Crippen molar-refractivity contribution in [1.29, 1.82) is 0 Å². The Labute approximate surface area is 75.8 Å². The van der Waals surface area contributed by atoms with E-state index in [1.54, 1.807) is 12.4 Å². The summed E-state index contributed by atoms with van der Waals surface area (Å²) < 4.78 is 0. The van der Waals surface area contributed by atoms with Gasteiger partial charge in [-0.3, -0.25) is 9.78 Å². The maximum Gasteiger partial charge on any atom is 0.323 e. The molecule has 0 amide bonds. The van der Waals surface area contributed by atoms with Crippen LogP contribution in [0.25, 0.3) is 0 Å². The quantitative estimate of drug-likeness (QED) is 0.717. The van der Waals surface area contributed by atoms with E-state index in [9.17, 15) is 4.79 Å². The first-order chi connectivity index (χ1) is 6.27. The first kappa shape index (κ1) is 8.04. The van der Waals surface area contributed by atoms with E-state index in [4.69, 9.17) is 5.11 Å². The summed E-state index contributed by atoms with van der Waals surface area (Å²) in [5.74, 6) is -0.787. The van der Waals surface area contributed by atoms with E-state index < -0.39 is 5.97 Å². The molecule has 0 saturated heterocycles. The van der Waals surface area contributed by atoms with Gasteiger partial charge in [-0.05, 0) is 18.1 Å². The molecule has 1 aromatic rings. The predicted molar refractivity (Wildman–Crippen MR) is 47.8 cm³/mol. The molecule has 0 saturated carbocycles.